The molecule has 1 amide bonds. The van der Waals surface area contributed by atoms with E-state index in [1.807, 2.05) is 25.1 Å². The van der Waals surface area contributed by atoms with E-state index >= 15 is 0 Å². The van der Waals surface area contributed by atoms with E-state index in [2.05, 4.69) is 5.32 Å². The third-order valence-corrected chi connectivity index (χ3v) is 8.56. The van der Waals surface area contributed by atoms with Crippen LogP contribution in [0.3, 0.4) is 0 Å². The van der Waals surface area contributed by atoms with E-state index < -0.39 is 19.9 Å². The van der Waals surface area contributed by atoms with Crippen molar-refractivity contribution in [3.05, 3.63) is 65.7 Å². The zero-order valence-electron chi connectivity index (χ0n) is 17.7. The molecule has 9 heteroatoms. The van der Waals surface area contributed by atoms with E-state index in [1.54, 1.807) is 24.3 Å². The zero-order valence-corrected chi connectivity index (χ0v) is 19.3. The minimum Gasteiger partial charge on any atom is -0.349 e. The molecule has 168 valence electrons. The van der Waals surface area contributed by atoms with Crippen LogP contribution in [0.15, 0.2) is 59.5 Å². The molecule has 31 heavy (non-hydrogen) atoms. The molecule has 1 heterocycles. The fourth-order valence-corrected chi connectivity index (χ4v) is 5.88. The second kappa shape index (κ2) is 9.50. The first kappa shape index (κ1) is 23.4. The Bertz CT molecular complexity index is 1110. The molecule has 1 aliphatic heterocycles. The van der Waals surface area contributed by atoms with Crippen molar-refractivity contribution < 1.29 is 21.6 Å². The van der Waals surface area contributed by atoms with Gasteiger partial charge in [0.15, 0.2) is 9.84 Å². The second-order valence-electron chi connectivity index (χ2n) is 7.99. The minimum absolute atomic E-state index is 0.0365. The minimum atomic E-state index is -3.42. The molecule has 1 aliphatic rings. The van der Waals surface area contributed by atoms with Crippen molar-refractivity contribution in [1.82, 2.24) is 9.62 Å². The van der Waals surface area contributed by atoms with Gasteiger partial charge in [0.25, 0.3) is 0 Å². The predicted molar refractivity (Wildman–Crippen MR) is 119 cm³/mol. The molecule has 0 aromatic heterocycles. The number of carbonyl (C=O) groups is 1. The first-order chi connectivity index (χ1) is 14.6. The van der Waals surface area contributed by atoms with Gasteiger partial charge in [0.2, 0.25) is 15.9 Å². The van der Waals surface area contributed by atoms with Gasteiger partial charge in [0.1, 0.15) is 0 Å². The van der Waals surface area contributed by atoms with Gasteiger partial charge in [0, 0.05) is 25.3 Å². The maximum absolute atomic E-state index is 12.7. The van der Waals surface area contributed by atoms with E-state index in [4.69, 9.17) is 0 Å². The molecule has 2 aromatic rings. The lowest BCUT2D eigenvalue weighted by atomic mass is 9.96. The van der Waals surface area contributed by atoms with Crippen LogP contribution in [-0.2, 0) is 30.4 Å². The highest BCUT2D eigenvalue weighted by Gasteiger charge is 2.31. The number of hydrogen-bond donors (Lipinski definition) is 1. The van der Waals surface area contributed by atoms with Crippen LogP contribution in [0.5, 0.6) is 0 Å². The second-order valence-corrected chi connectivity index (χ2v) is 12.0. The standard InChI is InChI=1S/C22H28N2O5S2/c1-17(19-8-10-21(11-9-19)30(2,26)27)23-22(25)20-12-14-24(15-13-20)31(28,29)16-18-6-4-3-5-7-18/h3-11,17,20H,12-16H2,1-2H3,(H,23,25). The summed E-state index contributed by atoms with van der Waals surface area (Å²) in [5, 5.41) is 2.96. The summed E-state index contributed by atoms with van der Waals surface area (Å²) in [5.41, 5.74) is 1.56. The van der Waals surface area contributed by atoms with Crippen LogP contribution in [0, 0.1) is 5.92 Å². The van der Waals surface area contributed by atoms with Gasteiger partial charge in [-0.15, -0.1) is 0 Å². The molecule has 0 spiro atoms. The molecular formula is C22H28N2O5S2. The van der Waals surface area contributed by atoms with E-state index in [-0.39, 0.29) is 28.5 Å². The number of nitrogens with zero attached hydrogens (tertiary/aromatic N) is 1. The van der Waals surface area contributed by atoms with Crippen LogP contribution in [0.25, 0.3) is 0 Å². The third-order valence-electron chi connectivity index (χ3n) is 5.58. The monoisotopic (exact) mass is 464 g/mol. The number of nitrogens with one attached hydrogen (secondary N) is 1. The van der Waals surface area contributed by atoms with Crippen LogP contribution in [-0.4, -0.2) is 46.4 Å². The van der Waals surface area contributed by atoms with Crippen molar-refractivity contribution in [2.45, 2.75) is 36.5 Å². The van der Waals surface area contributed by atoms with Crippen molar-refractivity contribution in [3.8, 4) is 0 Å². The zero-order chi connectivity index (χ0) is 22.6. The Hall–Kier alpha value is -2.23. The number of carbonyl (C=O) groups excluding carboxylic acids is 1. The highest BCUT2D eigenvalue weighted by molar-refractivity contribution is 7.90. The molecule has 0 saturated carbocycles. The third kappa shape index (κ3) is 6.15. The van der Waals surface area contributed by atoms with Gasteiger partial charge < -0.3 is 5.32 Å². The summed E-state index contributed by atoms with van der Waals surface area (Å²) in [6.07, 6.45) is 2.10. The van der Waals surface area contributed by atoms with Gasteiger partial charge in [-0.3, -0.25) is 4.79 Å². The average Bonchev–Trinajstić information content (AvgIpc) is 2.73. The van der Waals surface area contributed by atoms with Gasteiger partial charge in [-0.05, 0) is 43.0 Å². The van der Waals surface area contributed by atoms with Gasteiger partial charge >= 0.3 is 0 Å². The highest BCUT2D eigenvalue weighted by Crippen LogP contribution is 2.23. The van der Waals surface area contributed by atoms with Crippen LogP contribution >= 0.6 is 0 Å². The van der Waals surface area contributed by atoms with Crippen molar-refractivity contribution in [3.63, 3.8) is 0 Å². The Morgan fingerprint density at radius 2 is 1.58 bits per heavy atom. The topological polar surface area (TPSA) is 101 Å². The van der Waals surface area contributed by atoms with Gasteiger partial charge in [-0.2, -0.15) is 0 Å². The van der Waals surface area contributed by atoms with Crippen LogP contribution < -0.4 is 5.32 Å². The molecule has 1 unspecified atom stereocenters. The lowest BCUT2D eigenvalue weighted by Crippen LogP contribution is -2.43. The number of sulfone groups is 1. The number of amides is 1. The Morgan fingerprint density at radius 1 is 1.00 bits per heavy atom. The Kier molecular flexibility index (Phi) is 7.18. The summed E-state index contributed by atoms with van der Waals surface area (Å²) in [4.78, 5) is 12.9. The van der Waals surface area contributed by atoms with Crippen molar-refractivity contribution >= 4 is 25.8 Å². The summed E-state index contributed by atoms with van der Waals surface area (Å²) < 4.78 is 50.0. The van der Waals surface area contributed by atoms with Crippen molar-refractivity contribution in [1.29, 1.82) is 0 Å². The molecule has 1 N–H and O–H groups in total. The maximum Gasteiger partial charge on any atom is 0.223 e. The number of benzene rings is 2. The number of piperidine rings is 1. The molecule has 3 rings (SSSR count). The molecule has 1 fully saturated rings. The van der Waals surface area contributed by atoms with Crippen LogP contribution in [0.1, 0.15) is 36.9 Å². The lowest BCUT2D eigenvalue weighted by molar-refractivity contribution is -0.126. The summed E-state index contributed by atoms with van der Waals surface area (Å²) in [6, 6.07) is 15.2. The Morgan fingerprint density at radius 3 is 2.13 bits per heavy atom. The smallest absolute Gasteiger partial charge is 0.223 e. The number of hydrogen-bond acceptors (Lipinski definition) is 5. The maximum atomic E-state index is 12.7. The van der Waals surface area contributed by atoms with Crippen molar-refractivity contribution in [2.75, 3.05) is 19.3 Å². The molecule has 7 nitrogen and oxygen atoms in total. The molecule has 0 bridgehead atoms. The van der Waals surface area contributed by atoms with Crippen molar-refractivity contribution in [2.24, 2.45) is 5.92 Å². The van der Waals surface area contributed by atoms with Crippen LogP contribution in [0.4, 0.5) is 0 Å². The lowest BCUT2D eigenvalue weighted by Gasteiger charge is -2.31. The molecular weight excluding hydrogens is 436 g/mol. The molecule has 0 aliphatic carbocycles. The van der Waals surface area contributed by atoms with E-state index in [0.717, 1.165) is 17.4 Å². The molecule has 1 saturated heterocycles. The fourth-order valence-electron chi connectivity index (χ4n) is 3.69. The van der Waals surface area contributed by atoms with Gasteiger partial charge in [-0.25, -0.2) is 21.1 Å². The Balaban J connectivity index is 1.54. The van der Waals surface area contributed by atoms with Gasteiger partial charge in [-0.1, -0.05) is 42.5 Å². The largest absolute Gasteiger partial charge is 0.349 e. The quantitative estimate of drug-likeness (QED) is 0.679. The first-order valence-electron chi connectivity index (χ1n) is 10.2. The van der Waals surface area contributed by atoms with Crippen LogP contribution in [0.2, 0.25) is 0 Å². The molecule has 0 radical (unpaired) electrons. The summed E-state index contributed by atoms with van der Waals surface area (Å²) in [7, 11) is -6.68. The van der Waals surface area contributed by atoms with E-state index in [1.165, 1.54) is 16.4 Å². The Labute approximate surface area is 184 Å². The average molecular weight is 465 g/mol. The SMILES string of the molecule is CC(NC(=O)C1CCN(S(=O)(=O)Cc2ccccc2)CC1)c1ccc(S(C)(=O)=O)cc1. The fraction of sp³-hybridized carbons (Fsp3) is 0.409. The predicted octanol–water partition coefficient (Wildman–Crippen LogP) is 2.51. The highest BCUT2D eigenvalue weighted by atomic mass is 32.2. The van der Waals surface area contributed by atoms with Gasteiger partial charge in [0.05, 0.1) is 16.7 Å². The van der Waals surface area contributed by atoms with E-state index in [0.29, 0.717) is 25.9 Å². The normalized spacial score (nSPS) is 17.2. The number of sulfonamides is 1. The first-order valence-corrected chi connectivity index (χ1v) is 13.7. The summed E-state index contributed by atoms with van der Waals surface area (Å²) >= 11 is 0. The van der Waals surface area contributed by atoms with E-state index in [9.17, 15) is 21.6 Å². The number of rotatable bonds is 7. The summed E-state index contributed by atoms with van der Waals surface area (Å²) in [6.45, 7) is 2.49. The molecule has 1 atom stereocenters. The molecule has 2 aromatic carbocycles. The summed E-state index contributed by atoms with van der Waals surface area (Å²) in [5.74, 6) is -0.397.